The van der Waals surface area contributed by atoms with Gasteiger partial charge in [0.05, 0.1) is 0 Å². The van der Waals surface area contributed by atoms with E-state index < -0.39 is 0 Å². The molecule has 1 aliphatic heterocycles. The highest BCUT2D eigenvalue weighted by Crippen LogP contribution is 2.08. The van der Waals surface area contributed by atoms with Crippen LogP contribution < -0.4 is 5.32 Å². The topological polar surface area (TPSA) is 35.6 Å². The summed E-state index contributed by atoms with van der Waals surface area (Å²) in [5.74, 6) is 0.934. The standard InChI is InChI=1S/C13H27N3O/c1-11(2)12(3)15(4)8-5-13(17)16-9-6-14-7-10-16/h11-12,14H,5-10H2,1-4H3. The number of piperazine rings is 1. The van der Waals surface area contributed by atoms with E-state index in [4.69, 9.17) is 0 Å². The predicted molar refractivity (Wildman–Crippen MR) is 71.0 cm³/mol. The molecule has 1 N–H and O–H groups in total. The highest BCUT2D eigenvalue weighted by molar-refractivity contribution is 5.76. The van der Waals surface area contributed by atoms with Gasteiger partial charge in [0.1, 0.15) is 0 Å². The minimum Gasteiger partial charge on any atom is -0.340 e. The van der Waals surface area contributed by atoms with Crippen molar-refractivity contribution < 1.29 is 4.79 Å². The Morgan fingerprint density at radius 3 is 2.41 bits per heavy atom. The maximum Gasteiger partial charge on any atom is 0.223 e. The average Bonchev–Trinajstić information content (AvgIpc) is 2.35. The molecule has 0 spiro atoms. The lowest BCUT2D eigenvalue weighted by Gasteiger charge is -2.30. The molecule has 4 nitrogen and oxygen atoms in total. The van der Waals surface area contributed by atoms with Gasteiger partial charge in [-0.1, -0.05) is 13.8 Å². The Balaban J connectivity index is 2.27. The van der Waals surface area contributed by atoms with E-state index in [0.717, 1.165) is 32.7 Å². The summed E-state index contributed by atoms with van der Waals surface area (Å²) < 4.78 is 0. The fourth-order valence-electron chi connectivity index (χ4n) is 2.06. The third-order valence-corrected chi connectivity index (χ3v) is 3.81. The van der Waals surface area contributed by atoms with E-state index in [1.165, 1.54) is 0 Å². The minimum absolute atomic E-state index is 0.300. The highest BCUT2D eigenvalue weighted by Gasteiger charge is 2.18. The summed E-state index contributed by atoms with van der Waals surface area (Å²) in [6, 6.07) is 0.533. The van der Waals surface area contributed by atoms with E-state index in [0.29, 0.717) is 24.3 Å². The van der Waals surface area contributed by atoms with Crippen LogP contribution in [0, 0.1) is 5.92 Å². The number of nitrogens with one attached hydrogen (secondary N) is 1. The van der Waals surface area contributed by atoms with Crippen molar-refractivity contribution in [3.63, 3.8) is 0 Å². The van der Waals surface area contributed by atoms with Crippen LogP contribution in [-0.4, -0.2) is 61.5 Å². The molecular weight excluding hydrogens is 214 g/mol. The Labute approximate surface area is 105 Å². The summed E-state index contributed by atoms with van der Waals surface area (Å²) in [6.45, 7) is 11.1. The number of nitrogens with zero attached hydrogens (tertiary/aromatic N) is 2. The maximum absolute atomic E-state index is 12.0. The van der Waals surface area contributed by atoms with Gasteiger partial charge in [-0.2, -0.15) is 0 Å². The van der Waals surface area contributed by atoms with Crippen LogP contribution in [0.2, 0.25) is 0 Å². The van der Waals surface area contributed by atoms with Crippen LogP contribution >= 0.6 is 0 Å². The summed E-state index contributed by atoms with van der Waals surface area (Å²) >= 11 is 0. The van der Waals surface area contributed by atoms with Crippen LogP contribution in [0.5, 0.6) is 0 Å². The SMILES string of the molecule is CC(C)C(C)N(C)CCC(=O)N1CCNCC1. The van der Waals surface area contributed by atoms with Crippen molar-refractivity contribution in [2.75, 3.05) is 39.8 Å². The molecule has 4 heteroatoms. The van der Waals surface area contributed by atoms with Crippen molar-refractivity contribution in [3.8, 4) is 0 Å². The lowest BCUT2D eigenvalue weighted by molar-refractivity contribution is -0.132. The van der Waals surface area contributed by atoms with Crippen LogP contribution in [0.4, 0.5) is 0 Å². The number of hydrogen-bond acceptors (Lipinski definition) is 3. The van der Waals surface area contributed by atoms with Gasteiger partial charge in [0.15, 0.2) is 0 Å². The van der Waals surface area contributed by atoms with Gasteiger partial charge >= 0.3 is 0 Å². The molecule has 0 radical (unpaired) electrons. The third-order valence-electron chi connectivity index (χ3n) is 3.81. The molecule has 1 saturated heterocycles. The first-order valence-corrected chi connectivity index (χ1v) is 6.71. The zero-order valence-electron chi connectivity index (χ0n) is 11.7. The second-order valence-corrected chi connectivity index (χ2v) is 5.35. The molecule has 0 aromatic carbocycles. The van der Waals surface area contributed by atoms with Gasteiger partial charge in [0.2, 0.25) is 5.91 Å². The molecule has 0 saturated carbocycles. The molecule has 1 rings (SSSR count). The molecule has 17 heavy (non-hydrogen) atoms. The predicted octanol–water partition coefficient (Wildman–Crippen LogP) is 0.785. The fourth-order valence-corrected chi connectivity index (χ4v) is 2.06. The van der Waals surface area contributed by atoms with Gasteiger partial charge in [-0.15, -0.1) is 0 Å². The molecule has 100 valence electrons. The molecule has 0 bridgehead atoms. The number of amides is 1. The number of hydrogen-bond donors (Lipinski definition) is 1. The van der Waals surface area contributed by atoms with Crippen LogP contribution in [0.3, 0.4) is 0 Å². The Kier molecular flexibility index (Phi) is 5.92. The van der Waals surface area contributed by atoms with E-state index in [9.17, 15) is 4.79 Å². The fraction of sp³-hybridized carbons (Fsp3) is 0.923. The van der Waals surface area contributed by atoms with E-state index in [-0.39, 0.29) is 0 Å². The monoisotopic (exact) mass is 241 g/mol. The van der Waals surface area contributed by atoms with Crippen molar-refractivity contribution >= 4 is 5.91 Å². The molecule has 0 aromatic heterocycles. The summed E-state index contributed by atoms with van der Waals surface area (Å²) in [5, 5.41) is 3.26. The van der Waals surface area contributed by atoms with Gasteiger partial charge in [0.25, 0.3) is 0 Å². The van der Waals surface area contributed by atoms with E-state index in [1.54, 1.807) is 0 Å². The van der Waals surface area contributed by atoms with Crippen molar-refractivity contribution in [1.29, 1.82) is 0 Å². The Morgan fingerprint density at radius 1 is 1.29 bits per heavy atom. The van der Waals surface area contributed by atoms with Gasteiger partial charge in [-0.25, -0.2) is 0 Å². The maximum atomic E-state index is 12.0. The van der Waals surface area contributed by atoms with Gasteiger partial charge in [-0.05, 0) is 19.9 Å². The molecular formula is C13H27N3O. The van der Waals surface area contributed by atoms with E-state index >= 15 is 0 Å². The first-order chi connectivity index (χ1) is 8.02. The molecule has 1 unspecified atom stereocenters. The van der Waals surface area contributed by atoms with Crippen molar-refractivity contribution in [1.82, 2.24) is 15.1 Å². The second kappa shape index (κ2) is 6.97. The second-order valence-electron chi connectivity index (χ2n) is 5.35. The van der Waals surface area contributed by atoms with Crippen LogP contribution in [0.1, 0.15) is 27.2 Å². The first-order valence-electron chi connectivity index (χ1n) is 6.71. The molecule has 1 fully saturated rings. The van der Waals surface area contributed by atoms with Crippen molar-refractivity contribution in [2.24, 2.45) is 5.92 Å². The summed E-state index contributed by atoms with van der Waals surface area (Å²) in [6.07, 6.45) is 0.646. The minimum atomic E-state index is 0.300. The number of carbonyl (C=O) groups is 1. The molecule has 1 heterocycles. The van der Waals surface area contributed by atoms with E-state index in [1.807, 2.05) is 4.90 Å². The molecule has 1 amide bonds. The normalized spacial score (nSPS) is 18.8. The lowest BCUT2D eigenvalue weighted by atomic mass is 10.1. The quantitative estimate of drug-likeness (QED) is 0.773. The zero-order valence-corrected chi connectivity index (χ0v) is 11.7. The zero-order chi connectivity index (χ0) is 12.8. The molecule has 0 aliphatic carbocycles. The third kappa shape index (κ3) is 4.64. The van der Waals surface area contributed by atoms with Crippen LogP contribution in [0.15, 0.2) is 0 Å². The summed E-state index contributed by atoms with van der Waals surface area (Å²) in [5.41, 5.74) is 0. The Bertz CT molecular complexity index is 237. The number of carbonyl (C=O) groups excluding carboxylic acids is 1. The molecule has 1 aliphatic rings. The lowest BCUT2D eigenvalue weighted by Crippen LogP contribution is -2.47. The van der Waals surface area contributed by atoms with E-state index in [2.05, 4.69) is 38.0 Å². The largest absolute Gasteiger partial charge is 0.340 e. The average molecular weight is 241 g/mol. The summed E-state index contributed by atoms with van der Waals surface area (Å²) in [7, 11) is 2.11. The summed E-state index contributed by atoms with van der Waals surface area (Å²) in [4.78, 5) is 16.2. The number of rotatable bonds is 5. The van der Waals surface area contributed by atoms with Gasteiger partial charge in [-0.3, -0.25) is 4.79 Å². The van der Waals surface area contributed by atoms with Crippen molar-refractivity contribution in [2.45, 2.75) is 33.2 Å². The van der Waals surface area contributed by atoms with Crippen LogP contribution in [-0.2, 0) is 4.79 Å². The first kappa shape index (κ1) is 14.5. The van der Waals surface area contributed by atoms with Gasteiger partial charge < -0.3 is 15.1 Å². The highest BCUT2D eigenvalue weighted by atomic mass is 16.2. The Morgan fingerprint density at radius 2 is 1.88 bits per heavy atom. The van der Waals surface area contributed by atoms with Gasteiger partial charge in [0, 0.05) is 45.2 Å². The smallest absolute Gasteiger partial charge is 0.223 e. The van der Waals surface area contributed by atoms with Crippen LogP contribution in [0.25, 0.3) is 0 Å². The molecule has 1 atom stereocenters. The van der Waals surface area contributed by atoms with Crippen molar-refractivity contribution in [3.05, 3.63) is 0 Å². The molecule has 0 aromatic rings. The Hall–Kier alpha value is -0.610.